The van der Waals surface area contributed by atoms with Crippen LogP contribution >= 0.6 is 23.1 Å². The lowest BCUT2D eigenvalue weighted by molar-refractivity contribution is -0.114. The topological polar surface area (TPSA) is 103 Å². The van der Waals surface area contributed by atoms with Crippen LogP contribution in [0.3, 0.4) is 0 Å². The van der Waals surface area contributed by atoms with Gasteiger partial charge in [-0.15, -0.1) is 20.4 Å². The number of thioether (sulfide) groups is 1. The van der Waals surface area contributed by atoms with E-state index in [0.29, 0.717) is 27.0 Å². The van der Waals surface area contributed by atoms with E-state index in [1.807, 2.05) is 30.3 Å². The average Bonchev–Trinajstić information content (AvgIpc) is 3.21. The summed E-state index contributed by atoms with van der Waals surface area (Å²) in [6, 6.07) is 9.41. The maximum Gasteiger partial charge on any atom is 0.253 e. The predicted molar refractivity (Wildman–Crippen MR) is 88.8 cm³/mol. The molecule has 0 fully saturated rings. The molecule has 0 aliphatic carbocycles. The minimum absolute atomic E-state index is 0.178. The Bertz CT molecular complexity index is 806. The molecule has 0 saturated carbocycles. The molecule has 0 atom stereocenters. The van der Waals surface area contributed by atoms with Crippen LogP contribution < -0.4 is 10.1 Å². The number of carbonyl (C=O) groups is 1. The molecule has 0 unspecified atom stereocenters. The number of benzene rings is 1. The number of rotatable bonds is 7. The summed E-state index contributed by atoms with van der Waals surface area (Å²) >= 11 is 2.69. The Kier molecular flexibility index (Phi) is 5.39. The first kappa shape index (κ1) is 16.4. The van der Waals surface area contributed by atoms with Crippen molar-refractivity contribution in [3.8, 4) is 5.75 Å². The summed E-state index contributed by atoms with van der Waals surface area (Å²) in [5.74, 6) is 1.91. The summed E-state index contributed by atoms with van der Waals surface area (Å²) in [6.07, 6.45) is 0. The summed E-state index contributed by atoms with van der Waals surface area (Å²) in [6.45, 7) is 1.64. The predicted octanol–water partition coefficient (Wildman–Crippen LogP) is 2.75. The molecule has 10 heteroatoms. The fraction of sp³-hybridized carbons (Fsp3) is 0.214. The van der Waals surface area contributed by atoms with Crippen molar-refractivity contribution in [2.75, 3.05) is 5.32 Å². The summed E-state index contributed by atoms with van der Waals surface area (Å²) in [5, 5.41) is 18.8. The van der Waals surface area contributed by atoms with Crippen LogP contribution in [0.15, 0.2) is 39.1 Å². The summed E-state index contributed by atoms with van der Waals surface area (Å²) in [4.78, 5) is 10.9. The van der Waals surface area contributed by atoms with Gasteiger partial charge >= 0.3 is 0 Å². The molecule has 2 aromatic heterocycles. The van der Waals surface area contributed by atoms with E-state index in [4.69, 9.17) is 9.15 Å². The van der Waals surface area contributed by atoms with Gasteiger partial charge in [0, 0.05) is 6.92 Å². The lowest BCUT2D eigenvalue weighted by Crippen LogP contribution is -2.04. The van der Waals surface area contributed by atoms with Crippen LogP contribution in [0.2, 0.25) is 0 Å². The zero-order chi connectivity index (χ0) is 16.8. The molecule has 0 spiro atoms. The first-order valence-electron chi connectivity index (χ1n) is 6.92. The number of anilines is 1. The van der Waals surface area contributed by atoms with E-state index in [1.54, 1.807) is 0 Å². The Morgan fingerprint density at radius 2 is 2.00 bits per heavy atom. The summed E-state index contributed by atoms with van der Waals surface area (Å²) in [7, 11) is 0. The highest BCUT2D eigenvalue weighted by molar-refractivity contribution is 8.00. The Morgan fingerprint density at radius 3 is 2.79 bits per heavy atom. The molecule has 1 amide bonds. The number of amides is 1. The van der Waals surface area contributed by atoms with Crippen LogP contribution in [0.25, 0.3) is 0 Å². The van der Waals surface area contributed by atoms with E-state index in [0.717, 1.165) is 5.75 Å². The van der Waals surface area contributed by atoms with Crippen molar-refractivity contribution in [2.45, 2.75) is 23.6 Å². The second-order valence-corrected chi connectivity index (χ2v) is 6.73. The van der Waals surface area contributed by atoms with Gasteiger partial charge in [0.05, 0.1) is 5.75 Å². The normalized spacial score (nSPS) is 10.5. The van der Waals surface area contributed by atoms with Crippen molar-refractivity contribution < 1.29 is 13.9 Å². The Morgan fingerprint density at radius 1 is 1.21 bits per heavy atom. The molecule has 0 aliphatic heterocycles. The van der Waals surface area contributed by atoms with E-state index >= 15 is 0 Å². The van der Waals surface area contributed by atoms with Gasteiger partial charge in [0.2, 0.25) is 16.9 Å². The van der Waals surface area contributed by atoms with Crippen LogP contribution in [0.5, 0.6) is 5.75 Å². The van der Waals surface area contributed by atoms with Gasteiger partial charge in [0.15, 0.2) is 10.9 Å². The Balaban J connectivity index is 1.49. The van der Waals surface area contributed by atoms with Gasteiger partial charge in [-0.25, -0.2) is 0 Å². The van der Waals surface area contributed by atoms with Gasteiger partial charge in [-0.3, -0.25) is 4.79 Å². The minimum atomic E-state index is -0.178. The lowest BCUT2D eigenvalue weighted by atomic mass is 10.3. The molecule has 0 aliphatic rings. The zero-order valence-electron chi connectivity index (χ0n) is 12.6. The largest absolute Gasteiger partial charge is 0.484 e. The molecule has 8 nitrogen and oxygen atoms in total. The van der Waals surface area contributed by atoms with Crippen molar-refractivity contribution >= 4 is 34.1 Å². The zero-order valence-corrected chi connectivity index (χ0v) is 14.3. The van der Waals surface area contributed by atoms with Crippen molar-refractivity contribution in [1.82, 2.24) is 20.4 Å². The average molecular weight is 363 g/mol. The van der Waals surface area contributed by atoms with E-state index in [-0.39, 0.29) is 12.5 Å². The molecule has 3 rings (SSSR count). The highest BCUT2D eigenvalue weighted by Gasteiger charge is 2.10. The molecule has 1 N–H and O–H groups in total. The first-order chi connectivity index (χ1) is 11.7. The van der Waals surface area contributed by atoms with Crippen molar-refractivity contribution in [2.24, 2.45) is 0 Å². The van der Waals surface area contributed by atoms with Crippen molar-refractivity contribution in [3.63, 3.8) is 0 Å². The number of nitrogens with zero attached hydrogens (tertiary/aromatic N) is 4. The van der Waals surface area contributed by atoms with Crippen molar-refractivity contribution in [1.29, 1.82) is 0 Å². The molecule has 24 heavy (non-hydrogen) atoms. The van der Waals surface area contributed by atoms with Gasteiger partial charge in [0.1, 0.15) is 5.75 Å². The maximum absolute atomic E-state index is 10.9. The lowest BCUT2D eigenvalue weighted by Gasteiger charge is -2.01. The fourth-order valence-electron chi connectivity index (χ4n) is 1.66. The number of para-hydroxylation sites is 1. The van der Waals surface area contributed by atoms with Crippen LogP contribution in [0.1, 0.15) is 18.7 Å². The maximum atomic E-state index is 10.9. The molecule has 3 aromatic rings. The third kappa shape index (κ3) is 4.77. The van der Waals surface area contributed by atoms with Crippen LogP contribution in [-0.2, 0) is 17.2 Å². The van der Waals surface area contributed by atoms with E-state index in [9.17, 15) is 4.79 Å². The van der Waals surface area contributed by atoms with Gasteiger partial charge in [-0.2, -0.15) is 0 Å². The monoisotopic (exact) mass is 363 g/mol. The quantitative estimate of drug-likeness (QED) is 0.505. The van der Waals surface area contributed by atoms with Gasteiger partial charge in [-0.1, -0.05) is 41.3 Å². The van der Waals surface area contributed by atoms with E-state index in [2.05, 4.69) is 25.7 Å². The molecule has 0 bridgehead atoms. The van der Waals surface area contributed by atoms with Crippen molar-refractivity contribution in [3.05, 3.63) is 42.1 Å². The van der Waals surface area contributed by atoms with Gasteiger partial charge < -0.3 is 14.5 Å². The number of ether oxygens (including phenoxy) is 1. The molecule has 0 saturated heterocycles. The van der Waals surface area contributed by atoms with Crippen LogP contribution in [0.4, 0.5) is 5.13 Å². The van der Waals surface area contributed by atoms with E-state index in [1.165, 1.54) is 30.0 Å². The smallest absolute Gasteiger partial charge is 0.253 e. The number of hydrogen-bond acceptors (Lipinski definition) is 9. The summed E-state index contributed by atoms with van der Waals surface area (Å²) in [5.41, 5.74) is 0. The highest BCUT2D eigenvalue weighted by atomic mass is 32.2. The Hall–Kier alpha value is -2.46. The Labute approximate surface area is 145 Å². The highest BCUT2D eigenvalue weighted by Crippen LogP contribution is 2.28. The molecule has 2 heterocycles. The molecule has 124 valence electrons. The number of nitrogens with one attached hydrogen (secondary N) is 1. The SMILES string of the molecule is CC(=O)Nc1nnc(SCc2nnc(COc3ccccc3)o2)s1. The molecular weight excluding hydrogens is 350 g/mol. The third-order valence-electron chi connectivity index (χ3n) is 2.62. The van der Waals surface area contributed by atoms with E-state index < -0.39 is 0 Å². The first-order valence-corrected chi connectivity index (χ1v) is 8.72. The third-order valence-corrected chi connectivity index (χ3v) is 4.58. The standard InChI is InChI=1S/C14H13N5O3S2/c1-9(20)15-13-18-19-14(24-13)23-8-12-17-16-11(22-12)7-21-10-5-3-2-4-6-10/h2-6H,7-8H2,1H3,(H,15,18,20). The second kappa shape index (κ2) is 7.88. The number of hydrogen-bond donors (Lipinski definition) is 1. The van der Waals surface area contributed by atoms with Crippen LogP contribution in [0, 0.1) is 0 Å². The number of carbonyl (C=O) groups excluding carboxylic acids is 1. The van der Waals surface area contributed by atoms with Gasteiger partial charge in [0.25, 0.3) is 5.89 Å². The molecule has 1 aromatic carbocycles. The second-order valence-electron chi connectivity index (χ2n) is 4.53. The van der Waals surface area contributed by atoms with Crippen LogP contribution in [-0.4, -0.2) is 26.3 Å². The number of aromatic nitrogens is 4. The molecule has 0 radical (unpaired) electrons. The minimum Gasteiger partial charge on any atom is -0.484 e. The fourth-order valence-corrected chi connectivity index (χ4v) is 3.29. The molecular formula is C14H13N5O3S2. The van der Waals surface area contributed by atoms with Gasteiger partial charge in [-0.05, 0) is 12.1 Å². The summed E-state index contributed by atoms with van der Waals surface area (Å²) < 4.78 is 11.8.